The summed E-state index contributed by atoms with van der Waals surface area (Å²) in [5.41, 5.74) is 2.03. The summed E-state index contributed by atoms with van der Waals surface area (Å²) in [6.07, 6.45) is 1.99. The Bertz CT molecular complexity index is 333. The zero-order chi connectivity index (χ0) is 11.3. The highest BCUT2D eigenvalue weighted by Crippen LogP contribution is 2.15. The Morgan fingerprint density at radius 3 is 2.67 bits per heavy atom. The SMILES string of the molecule is CCCC(C)C(=O)Nc1ccccc1C. The Hall–Kier alpha value is -1.31. The molecule has 0 fully saturated rings. The van der Waals surface area contributed by atoms with Crippen LogP contribution in [0.5, 0.6) is 0 Å². The summed E-state index contributed by atoms with van der Waals surface area (Å²) in [6.45, 7) is 6.06. The maximum atomic E-state index is 11.7. The number of amides is 1. The van der Waals surface area contributed by atoms with Crippen LogP contribution in [-0.2, 0) is 4.79 Å². The first kappa shape index (κ1) is 11.8. The molecule has 0 bridgehead atoms. The Morgan fingerprint density at radius 2 is 2.07 bits per heavy atom. The van der Waals surface area contributed by atoms with Crippen LogP contribution < -0.4 is 5.32 Å². The fraction of sp³-hybridized carbons (Fsp3) is 0.462. The number of para-hydroxylation sites is 1. The topological polar surface area (TPSA) is 29.1 Å². The highest BCUT2D eigenvalue weighted by molar-refractivity contribution is 5.92. The van der Waals surface area contributed by atoms with Gasteiger partial charge in [0.25, 0.3) is 0 Å². The molecule has 1 N–H and O–H groups in total. The van der Waals surface area contributed by atoms with Gasteiger partial charge in [-0.25, -0.2) is 0 Å². The van der Waals surface area contributed by atoms with Crippen LogP contribution in [0.15, 0.2) is 24.3 Å². The number of aryl methyl sites for hydroxylation is 1. The van der Waals surface area contributed by atoms with E-state index in [0.717, 1.165) is 24.1 Å². The van der Waals surface area contributed by atoms with Crippen LogP contribution in [0.3, 0.4) is 0 Å². The van der Waals surface area contributed by atoms with Gasteiger partial charge in [-0.15, -0.1) is 0 Å². The zero-order valence-corrected chi connectivity index (χ0v) is 9.71. The van der Waals surface area contributed by atoms with Gasteiger partial charge in [-0.3, -0.25) is 4.79 Å². The third kappa shape index (κ3) is 3.39. The van der Waals surface area contributed by atoms with E-state index < -0.39 is 0 Å². The van der Waals surface area contributed by atoms with Crippen molar-refractivity contribution >= 4 is 11.6 Å². The Kier molecular flexibility index (Phi) is 4.35. The normalized spacial score (nSPS) is 12.2. The minimum absolute atomic E-state index is 0.0922. The molecule has 0 radical (unpaired) electrons. The molecule has 0 saturated carbocycles. The fourth-order valence-corrected chi connectivity index (χ4v) is 1.53. The average molecular weight is 205 g/mol. The van der Waals surface area contributed by atoms with Gasteiger partial charge in [0.1, 0.15) is 0 Å². The summed E-state index contributed by atoms with van der Waals surface area (Å²) in [4.78, 5) is 11.7. The summed E-state index contributed by atoms with van der Waals surface area (Å²) in [5, 5.41) is 2.96. The molecule has 1 amide bonds. The lowest BCUT2D eigenvalue weighted by Gasteiger charge is -2.12. The minimum Gasteiger partial charge on any atom is -0.326 e. The number of carbonyl (C=O) groups is 1. The van der Waals surface area contributed by atoms with Crippen molar-refractivity contribution in [2.45, 2.75) is 33.6 Å². The van der Waals surface area contributed by atoms with Crippen molar-refractivity contribution in [2.75, 3.05) is 5.32 Å². The van der Waals surface area contributed by atoms with Gasteiger partial charge in [-0.2, -0.15) is 0 Å². The standard InChI is InChI=1S/C13H19NO/c1-4-7-11(3)13(15)14-12-9-6-5-8-10(12)2/h5-6,8-9,11H,4,7H2,1-3H3,(H,14,15). The molecule has 0 saturated heterocycles. The zero-order valence-electron chi connectivity index (χ0n) is 9.71. The fourth-order valence-electron chi connectivity index (χ4n) is 1.53. The van der Waals surface area contributed by atoms with Gasteiger partial charge in [0.05, 0.1) is 0 Å². The molecule has 1 unspecified atom stereocenters. The quantitative estimate of drug-likeness (QED) is 0.802. The first-order chi connectivity index (χ1) is 7.15. The van der Waals surface area contributed by atoms with Gasteiger partial charge in [0, 0.05) is 11.6 Å². The molecule has 1 rings (SSSR count). The Labute approximate surface area is 91.7 Å². The molecule has 0 aliphatic heterocycles. The van der Waals surface area contributed by atoms with Crippen molar-refractivity contribution in [1.82, 2.24) is 0 Å². The van der Waals surface area contributed by atoms with E-state index in [1.54, 1.807) is 0 Å². The molecular weight excluding hydrogens is 186 g/mol. The molecule has 2 nitrogen and oxygen atoms in total. The Balaban J connectivity index is 2.62. The largest absolute Gasteiger partial charge is 0.326 e. The summed E-state index contributed by atoms with van der Waals surface area (Å²) in [7, 11) is 0. The number of carbonyl (C=O) groups excluding carboxylic acids is 1. The minimum atomic E-state index is 0.0922. The number of benzene rings is 1. The van der Waals surface area contributed by atoms with Crippen molar-refractivity contribution < 1.29 is 4.79 Å². The van der Waals surface area contributed by atoms with Gasteiger partial charge in [0.2, 0.25) is 5.91 Å². The summed E-state index contributed by atoms with van der Waals surface area (Å²) >= 11 is 0. The molecule has 0 aromatic heterocycles. The van der Waals surface area contributed by atoms with Crippen LogP contribution >= 0.6 is 0 Å². The predicted octanol–water partition coefficient (Wildman–Crippen LogP) is 3.37. The number of nitrogens with one attached hydrogen (secondary N) is 1. The molecule has 2 heteroatoms. The van der Waals surface area contributed by atoms with Crippen LogP contribution in [0, 0.1) is 12.8 Å². The van der Waals surface area contributed by atoms with Crippen molar-refractivity contribution in [1.29, 1.82) is 0 Å². The average Bonchev–Trinajstić information content (AvgIpc) is 2.21. The van der Waals surface area contributed by atoms with E-state index in [9.17, 15) is 4.79 Å². The van der Waals surface area contributed by atoms with E-state index >= 15 is 0 Å². The number of anilines is 1. The van der Waals surface area contributed by atoms with Crippen molar-refractivity contribution in [2.24, 2.45) is 5.92 Å². The van der Waals surface area contributed by atoms with Gasteiger partial charge >= 0.3 is 0 Å². The summed E-state index contributed by atoms with van der Waals surface area (Å²) in [6, 6.07) is 7.85. The smallest absolute Gasteiger partial charge is 0.227 e. The van der Waals surface area contributed by atoms with E-state index in [4.69, 9.17) is 0 Å². The van der Waals surface area contributed by atoms with E-state index in [0.29, 0.717) is 0 Å². The third-order valence-electron chi connectivity index (χ3n) is 2.57. The van der Waals surface area contributed by atoms with Gasteiger partial charge in [0.15, 0.2) is 0 Å². The second kappa shape index (κ2) is 5.54. The lowest BCUT2D eigenvalue weighted by molar-refractivity contribution is -0.119. The maximum Gasteiger partial charge on any atom is 0.227 e. The molecule has 0 aliphatic carbocycles. The monoisotopic (exact) mass is 205 g/mol. The van der Waals surface area contributed by atoms with Crippen molar-refractivity contribution in [3.8, 4) is 0 Å². The van der Waals surface area contributed by atoms with Crippen LogP contribution in [0.25, 0.3) is 0 Å². The van der Waals surface area contributed by atoms with Crippen LogP contribution in [0.4, 0.5) is 5.69 Å². The Morgan fingerprint density at radius 1 is 1.40 bits per heavy atom. The summed E-state index contributed by atoms with van der Waals surface area (Å²) < 4.78 is 0. The molecule has 1 aromatic carbocycles. The molecule has 0 aliphatic rings. The molecule has 1 atom stereocenters. The number of hydrogen-bond donors (Lipinski definition) is 1. The third-order valence-corrected chi connectivity index (χ3v) is 2.57. The summed E-state index contributed by atoms with van der Waals surface area (Å²) in [5.74, 6) is 0.209. The highest BCUT2D eigenvalue weighted by Gasteiger charge is 2.12. The highest BCUT2D eigenvalue weighted by atomic mass is 16.1. The lowest BCUT2D eigenvalue weighted by atomic mass is 10.1. The van der Waals surface area contributed by atoms with Gasteiger partial charge < -0.3 is 5.32 Å². The number of rotatable bonds is 4. The van der Waals surface area contributed by atoms with E-state index in [-0.39, 0.29) is 11.8 Å². The van der Waals surface area contributed by atoms with Crippen molar-refractivity contribution in [3.63, 3.8) is 0 Å². The van der Waals surface area contributed by atoms with E-state index in [1.165, 1.54) is 0 Å². The lowest BCUT2D eigenvalue weighted by Crippen LogP contribution is -2.20. The molecule has 0 spiro atoms. The maximum absolute atomic E-state index is 11.7. The predicted molar refractivity (Wildman–Crippen MR) is 63.9 cm³/mol. The first-order valence-corrected chi connectivity index (χ1v) is 5.51. The molecular formula is C13H19NO. The number of hydrogen-bond acceptors (Lipinski definition) is 1. The van der Waals surface area contributed by atoms with Crippen LogP contribution in [0.1, 0.15) is 32.3 Å². The first-order valence-electron chi connectivity index (χ1n) is 5.51. The van der Waals surface area contributed by atoms with Crippen LogP contribution in [-0.4, -0.2) is 5.91 Å². The second-order valence-corrected chi connectivity index (χ2v) is 3.99. The van der Waals surface area contributed by atoms with E-state index in [2.05, 4.69) is 12.2 Å². The van der Waals surface area contributed by atoms with Crippen LogP contribution in [0.2, 0.25) is 0 Å². The molecule has 82 valence electrons. The molecule has 15 heavy (non-hydrogen) atoms. The van der Waals surface area contributed by atoms with E-state index in [1.807, 2.05) is 38.1 Å². The van der Waals surface area contributed by atoms with Gasteiger partial charge in [-0.05, 0) is 25.0 Å². The molecule has 1 aromatic rings. The van der Waals surface area contributed by atoms with Crippen molar-refractivity contribution in [3.05, 3.63) is 29.8 Å². The second-order valence-electron chi connectivity index (χ2n) is 3.99. The van der Waals surface area contributed by atoms with Gasteiger partial charge in [-0.1, -0.05) is 38.5 Å². The molecule has 0 heterocycles.